The van der Waals surface area contributed by atoms with E-state index in [9.17, 15) is 4.79 Å². The van der Waals surface area contributed by atoms with Crippen LogP contribution in [0.1, 0.15) is 18.5 Å². The molecule has 2 N–H and O–H groups in total. The molecule has 17 heavy (non-hydrogen) atoms. The summed E-state index contributed by atoms with van der Waals surface area (Å²) < 4.78 is 5.03. The Hall–Kier alpha value is -1.17. The monoisotopic (exact) mass is 257 g/mol. The summed E-state index contributed by atoms with van der Waals surface area (Å²) in [5, 5.41) is 2.72. The quantitative estimate of drug-likeness (QED) is 0.697. The van der Waals surface area contributed by atoms with Gasteiger partial charge in [-0.05, 0) is 31.3 Å². The minimum absolute atomic E-state index is 0.323. The first-order valence-corrected chi connectivity index (χ1v) is 7.09. The van der Waals surface area contributed by atoms with Gasteiger partial charge in [0.25, 0.3) is 0 Å². The first-order chi connectivity index (χ1) is 8.33. The average molecular weight is 257 g/mol. The third-order valence-corrected chi connectivity index (χ3v) is 2.87. The summed E-state index contributed by atoms with van der Waals surface area (Å²) in [6.07, 6.45) is 7.78. The number of aryl methyl sites for hydroxylation is 1. The van der Waals surface area contributed by atoms with Gasteiger partial charge in [-0.2, -0.15) is 11.8 Å². The van der Waals surface area contributed by atoms with Crippen molar-refractivity contribution < 1.29 is 9.53 Å². The largest absolute Gasteiger partial charge is 0.450 e. The Balaban J connectivity index is 1.93. The van der Waals surface area contributed by atoms with Crippen molar-refractivity contribution in [2.24, 2.45) is 0 Å². The van der Waals surface area contributed by atoms with E-state index in [2.05, 4.69) is 15.3 Å². The van der Waals surface area contributed by atoms with Crippen molar-refractivity contribution in [3.8, 4) is 0 Å². The van der Waals surface area contributed by atoms with Crippen LogP contribution in [0.3, 0.4) is 0 Å². The molecule has 0 aliphatic rings. The van der Waals surface area contributed by atoms with Crippen LogP contribution in [-0.4, -0.2) is 41.2 Å². The van der Waals surface area contributed by atoms with E-state index in [0.717, 1.165) is 30.7 Å². The van der Waals surface area contributed by atoms with Crippen molar-refractivity contribution in [1.29, 1.82) is 0 Å². The van der Waals surface area contributed by atoms with Crippen molar-refractivity contribution in [2.45, 2.75) is 19.3 Å². The number of imidazole rings is 1. The Morgan fingerprint density at radius 1 is 1.59 bits per heavy atom. The summed E-state index contributed by atoms with van der Waals surface area (Å²) in [7, 11) is 0. The molecular weight excluding hydrogens is 238 g/mol. The standard InChI is InChI=1S/C11H19N3O2S/c1-17-7-3-5-13-11(15)16-6-2-4-10-8-12-9-14-10/h8-9H,2-7H2,1H3,(H,12,14)(H,13,15). The highest BCUT2D eigenvalue weighted by Gasteiger charge is 2.01. The van der Waals surface area contributed by atoms with Crippen LogP contribution >= 0.6 is 11.8 Å². The highest BCUT2D eigenvalue weighted by atomic mass is 32.2. The maximum Gasteiger partial charge on any atom is 0.407 e. The van der Waals surface area contributed by atoms with Crippen LogP contribution in [0.15, 0.2) is 12.5 Å². The van der Waals surface area contributed by atoms with Crippen LogP contribution in [0.4, 0.5) is 4.79 Å². The number of hydrogen-bond donors (Lipinski definition) is 2. The molecule has 0 atom stereocenters. The van der Waals surface area contributed by atoms with Gasteiger partial charge in [-0.25, -0.2) is 9.78 Å². The number of hydrogen-bond acceptors (Lipinski definition) is 4. The smallest absolute Gasteiger partial charge is 0.407 e. The fraction of sp³-hybridized carbons (Fsp3) is 0.636. The number of nitrogens with zero attached hydrogens (tertiary/aromatic N) is 1. The van der Waals surface area contributed by atoms with Gasteiger partial charge in [0.2, 0.25) is 0 Å². The first kappa shape index (κ1) is 13.9. The lowest BCUT2D eigenvalue weighted by Gasteiger charge is -2.06. The van der Waals surface area contributed by atoms with Gasteiger partial charge >= 0.3 is 6.09 Å². The van der Waals surface area contributed by atoms with E-state index in [4.69, 9.17) is 4.74 Å². The number of ether oxygens (including phenoxy) is 1. The second kappa shape index (κ2) is 8.92. The number of amides is 1. The van der Waals surface area contributed by atoms with E-state index >= 15 is 0 Å². The Morgan fingerprint density at radius 2 is 2.47 bits per heavy atom. The molecule has 0 radical (unpaired) electrons. The molecule has 1 rings (SSSR count). The number of thioether (sulfide) groups is 1. The van der Waals surface area contributed by atoms with Gasteiger partial charge in [0, 0.05) is 18.4 Å². The van der Waals surface area contributed by atoms with Gasteiger partial charge in [-0.1, -0.05) is 0 Å². The zero-order chi connectivity index (χ0) is 12.3. The zero-order valence-electron chi connectivity index (χ0n) is 10.1. The molecular formula is C11H19N3O2S. The summed E-state index contributed by atoms with van der Waals surface area (Å²) in [5.41, 5.74) is 1.06. The van der Waals surface area contributed by atoms with E-state index < -0.39 is 0 Å². The number of aromatic nitrogens is 2. The predicted octanol–water partition coefficient (Wildman–Crippen LogP) is 1.82. The van der Waals surface area contributed by atoms with Crippen LogP contribution in [0.25, 0.3) is 0 Å². The Labute approximate surface area is 106 Å². The fourth-order valence-electron chi connectivity index (χ4n) is 1.31. The SMILES string of the molecule is CSCCCNC(=O)OCCCc1cnc[nH]1. The number of H-pyrrole nitrogens is 1. The number of aromatic amines is 1. The summed E-state index contributed by atoms with van der Waals surface area (Å²) in [4.78, 5) is 18.1. The molecule has 0 aliphatic heterocycles. The molecule has 0 spiro atoms. The molecule has 0 unspecified atom stereocenters. The van der Waals surface area contributed by atoms with Gasteiger partial charge in [-0.15, -0.1) is 0 Å². The van der Waals surface area contributed by atoms with Crippen LogP contribution < -0.4 is 5.32 Å². The summed E-state index contributed by atoms with van der Waals surface area (Å²) in [6, 6.07) is 0. The molecule has 6 heteroatoms. The normalized spacial score (nSPS) is 10.2. The Bertz CT molecular complexity index is 304. The number of rotatable bonds is 8. The lowest BCUT2D eigenvalue weighted by atomic mass is 10.3. The zero-order valence-corrected chi connectivity index (χ0v) is 10.9. The predicted molar refractivity (Wildman–Crippen MR) is 69.3 cm³/mol. The molecule has 0 saturated carbocycles. The second-order valence-electron chi connectivity index (χ2n) is 3.59. The Kier molecular flexibility index (Phi) is 7.29. The average Bonchev–Trinajstić information content (AvgIpc) is 2.83. The summed E-state index contributed by atoms with van der Waals surface area (Å²) in [5.74, 6) is 1.06. The van der Waals surface area contributed by atoms with Crippen molar-refractivity contribution >= 4 is 17.9 Å². The molecule has 1 aromatic rings. The minimum Gasteiger partial charge on any atom is -0.450 e. The van der Waals surface area contributed by atoms with Gasteiger partial charge in [0.05, 0.1) is 12.9 Å². The topological polar surface area (TPSA) is 67.0 Å². The van der Waals surface area contributed by atoms with E-state index in [-0.39, 0.29) is 6.09 Å². The molecule has 0 aliphatic carbocycles. The molecule has 0 aromatic carbocycles. The number of alkyl carbamates (subject to hydrolysis) is 1. The van der Waals surface area contributed by atoms with Crippen LogP contribution in [0.5, 0.6) is 0 Å². The van der Waals surface area contributed by atoms with Gasteiger partial charge < -0.3 is 15.0 Å². The summed E-state index contributed by atoms with van der Waals surface area (Å²) >= 11 is 1.77. The fourth-order valence-corrected chi connectivity index (χ4v) is 1.74. The highest BCUT2D eigenvalue weighted by Crippen LogP contribution is 1.97. The maximum absolute atomic E-state index is 11.2. The van der Waals surface area contributed by atoms with Crippen molar-refractivity contribution in [1.82, 2.24) is 15.3 Å². The molecule has 1 heterocycles. The third kappa shape index (κ3) is 6.88. The maximum atomic E-state index is 11.2. The molecule has 1 aromatic heterocycles. The summed E-state index contributed by atoms with van der Waals surface area (Å²) in [6.45, 7) is 1.12. The molecule has 0 bridgehead atoms. The number of carbonyl (C=O) groups excluding carboxylic acids is 1. The van der Waals surface area contributed by atoms with Crippen molar-refractivity contribution in [2.75, 3.05) is 25.2 Å². The van der Waals surface area contributed by atoms with Gasteiger partial charge in [0.15, 0.2) is 0 Å². The molecule has 5 nitrogen and oxygen atoms in total. The van der Waals surface area contributed by atoms with Crippen LogP contribution in [-0.2, 0) is 11.2 Å². The number of nitrogens with one attached hydrogen (secondary N) is 2. The first-order valence-electron chi connectivity index (χ1n) is 5.69. The van der Waals surface area contributed by atoms with Crippen LogP contribution in [0, 0.1) is 0 Å². The van der Waals surface area contributed by atoms with E-state index in [0.29, 0.717) is 13.2 Å². The van der Waals surface area contributed by atoms with E-state index in [1.807, 2.05) is 6.26 Å². The molecule has 96 valence electrons. The molecule has 0 saturated heterocycles. The third-order valence-electron chi connectivity index (χ3n) is 2.17. The Morgan fingerprint density at radius 3 is 3.18 bits per heavy atom. The van der Waals surface area contributed by atoms with Gasteiger partial charge in [0.1, 0.15) is 0 Å². The molecule has 0 fully saturated rings. The van der Waals surface area contributed by atoms with Crippen molar-refractivity contribution in [3.63, 3.8) is 0 Å². The second-order valence-corrected chi connectivity index (χ2v) is 4.58. The lowest BCUT2D eigenvalue weighted by Crippen LogP contribution is -2.26. The van der Waals surface area contributed by atoms with Crippen molar-refractivity contribution in [3.05, 3.63) is 18.2 Å². The highest BCUT2D eigenvalue weighted by molar-refractivity contribution is 7.98. The lowest BCUT2D eigenvalue weighted by molar-refractivity contribution is 0.145. The number of carbonyl (C=O) groups is 1. The van der Waals surface area contributed by atoms with E-state index in [1.165, 1.54) is 0 Å². The van der Waals surface area contributed by atoms with Gasteiger partial charge in [-0.3, -0.25) is 0 Å². The molecule has 1 amide bonds. The van der Waals surface area contributed by atoms with E-state index in [1.54, 1.807) is 24.3 Å². The van der Waals surface area contributed by atoms with Crippen LogP contribution in [0.2, 0.25) is 0 Å². The minimum atomic E-state index is -0.323.